The number of hydrogen-bond acceptors (Lipinski definition) is 5. The third-order valence-electron chi connectivity index (χ3n) is 5.71. The second-order valence-corrected chi connectivity index (χ2v) is 9.82. The lowest BCUT2D eigenvalue weighted by Crippen LogP contribution is -2.41. The number of nitrogens with one attached hydrogen (secondary N) is 1. The molecule has 1 saturated heterocycles. The van der Waals surface area contributed by atoms with E-state index in [4.69, 9.17) is 5.14 Å². The molecule has 1 aromatic carbocycles. The van der Waals surface area contributed by atoms with Crippen molar-refractivity contribution >= 4 is 21.9 Å². The van der Waals surface area contributed by atoms with Crippen LogP contribution in [-0.2, 0) is 10.0 Å². The van der Waals surface area contributed by atoms with Gasteiger partial charge in [-0.25, -0.2) is 23.3 Å². The highest BCUT2D eigenvalue weighted by Gasteiger charge is 2.44. The summed E-state index contributed by atoms with van der Waals surface area (Å²) in [5.74, 6) is 0.778. The van der Waals surface area contributed by atoms with Crippen LogP contribution in [0.2, 0.25) is 0 Å². The van der Waals surface area contributed by atoms with Crippen LogP contribution in [0.1, 0.15) is 38.2 Å². The number of rotatable bonds is 7. The predicted octanol–water partition coefficient (Wildman–Crippen LogP) is 3.09. The summed E-state index contributed by atoms with van der Waals surface area (Å²) in [6, 6.07) is 14.7. The van der Waals surface area contributed by atoms with Gasteiger partial charge >= 0.3 is 6.09 Å². The van der Waals surface area contributed by atoms with Gasteiger partial charge in [-0.3, -0.25) is 0 Å². The highest BCUT2D eigenvalue weighted by Crippen LogP contribution is 2.41. The summed E-state index contributed by atoms with van der Waals surface area (Å²) in [6.07, 6.45) is 0.633. The number of amides is 1. The van der Waals surface area contributed by atoms with Gasteiger partial charge in [-0.1, -0.05) is 36.4 Å². The number of benzene rings is 1. The molecular weight excluding hydrogens is 404 g/mol. The first kappa shape index (κ1) is 22.0. The van der Waals surface area contributed by atoms with E-state index in [1.807, 2.05) is 32.0 Å². The van der Waals surface area contributed by atoms with E-state index in [9.17, 15) is 18.3 Å². The third-order valence-corrected chi connectivity index (χ3v) is 6.52. The Hall–Kier alpha value is -2.65. The number of anilines is 1. The minimum atomic E-state index is -3.86. The van der Waals surface area contributed by atoms with E-state index in [0.717, 1.165) is 12.8 Å². The van der Waals surface area contributed by atoms with Crippen LogP contribution in [0.15, 0.2) is 53.6 Å². The molecule has 0 saturated carbocycles. The van der Waals surface area contributed by atoms with Crippen molar-refractivity contribution < 1.29 is 18.3 Å². The van der Waals surface area contributed by atoms with Gasteiger partial charge < -0.3 is 15.3 Å². The van der Waals surface area contributed by atoms with Crippen LogP contribution in [0.3, 0.4) is 0 Å². The van der Waals surface area contributed by atoms with Crippen molar-refractivity contribution in [3.8, 4) is 0 Å². The lowest BCUT2D eigenvalue weighted by Gasteiger charge is -2.28. The monoisotopic (exact) mass is 432 g/mol. The largest absolute Gasteiger partial charge is 0.465 e. The molecule has 162 valence electrons. The molecule has 2 unspecified atom stereocenters. The standard InChI is InChI=1S/C21H28N4O4S/c1-21(2)13-16(14-25(21)20(26)27)17(15-7-4-3-5-8-15)11-12-23-18-9-6-10-19(24-18)30(22,28)29/h3-10,16-17H,11-14H2,1-2H3,(H,23,24)(H,26,27)(H2,22,28,29). The minimum absolute atomic E-state index is 0.156. The number of hydrogen-bond donors (Lipinski definition) is 3. The zero-order chi connectivity index (χ0) is 21.9. The summed E-state index contributed by atoms with van der Waals surface area (Å²) >= 11 is 0. The molecule has 1 fully saturated rings. The molecule has 0 spiro atoms. The van der Waals surface area contributed by atoms with Crippen molar-refractivity contribution in [3.63, 3.8) is 0 Å². The Labute approximate surface area is 177 Å². The molecular formula is C21H28N4O4S. The maximum Gasteiger partial charge on any atom is 0.407 e. The molecule has 4 N–H and O–H groups in total. The number of sulfonamides is 1. The smallest absolute Gasteiger partial charge is 0.407 e. The fraction of sp³-hybridized carbons (Fsp3) is 0.429. The fourth-order valence-electron chi connectivity index (χ4n) is 4.31. The molecule has 30 heavy (non-hydrogen) atoms. The van der Waals surface area contributed by atoms with Gasteiger partial charge in [0.2, 0.25) is 0 Å². The average Bonchev–Trinajstić information content (AvgIpc) is 3.00. The summed E-state index contributed by atoms with van der Waals surface area (Å²) in [4.78, 5) is 17.3. The predicted molar refractivity (Wildman–Crippen MR) is 115 cm³/mol. The summed E-state index contributed by atoms with van der Waals surface area (Å²) < 4.78 is 23.0. The number of primary sulfonamides is 1. The first-order valence-corrected chi connectivity index (χ1v) is 11.4. The summed E-state index contributed by atoms with van der Waals surface area (Å²) in [5.41, 5.74) is 0.751. The normalized spacial score (nSPS) is 19.4. The van der Waals surface area contributed by atoms with Gasteiger partial charge in [0.15, 0.2) is 5.03 Å². The zero-order valence-corrected chi connectivity index (χ0v) is 18.0. The molecule has 0 aliphatic carbocycles. The van der Waals surface area contributed by atoms with Crippen molar-refractivity contribution in [1.29, 1.82) is 0 Å². The van der Waals surface area contributed by atoms with Crippen LogP contribution in [0.4, 0.5) is 10.6 Å². The maximum absolute atomic E-state index is 11.7. The first-order chi connectivity index (χ1) is 14.1. The van der Waals surface area contributed by atoms with E-state index in [0.29, 0.717) is 18.9 Å². The molecule has 2 heterocycles. The van der Waals surface area contributed by atoms with Crippen molar-refractivity contribution in [2.24, 2.45) is 11.1 Å². The van der Waals surface area contributed by atoms with Crippen molar-refractivity contribution in [1.82, 2.24) is 9.88 Å². The minimum Gasteiger partial charge on any atom is -0.465 e. The number of carbonyl (C=O) groups is 1. The average molecular weight is 433 g/mol. The van der Waals surface area contributed by atoms with Crippen molar-refractivity contribution in [2.75, 3.05) is 18.4 Å². The van der Waals surface area contributed by atoms with Crippen molar-refractivity contribution in [2.45, 2.75) is 43.2 Å². The van der Waals surface area contributed by atoms with Crippen LogP contribution < -0.4 is 10.5 Å². The van der Waals surface area contributed by atoms with Crippen LogP contribution in [0, 0.1) is 5.92 Å². The fourth-order valence-corrected chi connectivity index (χ4v) is 4.80. The Bertz CT molecular complexity index is 995. The van der Waals surface area contributed by atoms with E-state index in [-0.39, 0.29) is 16.9 Å². The van der Waals surface area contributed by atoms with E-state index < -0.39 is 21.7 Å². The third kappa shape index (κ3) is 5.09. The number of nitrogens with two attached hydrogens (primary N) is 1. The van der Waals surface area contributed by atoms with Crippen LogP contribution >= 0.6 is 0 Å². The second kappa shape index (κ2) is 8.61. The number of nitrogens with zero attached hydrogens (tertiary/aromatic N) is 2. The molecule has 2 atom stereocenters. The Kier molecular flexibility index (Phi) is 6.33. The molecule has 1 amide bonds. The summed E-state index contributed by atoms with van der Waals surface area (Å²) in [7, 11) is -3.86. The molecule has 1 aromatic heterocycles. The lowest BCUT2D eigenvalue weighted by atomic mass is 9.80. The van der Waals surface area contributed by atoms with Gasteiger partial charge in [-0.05, 0) is 56.2 Å². The molecule has 1 aliphatic rings. The number of likely N-dealkylation sites (tertiary alicyclic amines) is 1. The molecule has 0 bridgehead atoms. The quantitative estimate of drug-likeness (QED) is 0.617. The molecule has 0 radical (unpaired) electrons. The van der Waals surface area contributed by atoms with Gasteiger partial charge in [0.05, 0.1) is 0 Å². The molecule has 2 aromatic rings. The molecule has 3 rings (SSSR count). The van der Waals surface area contributed by atoms with Gasteiger partial charge in [0, 0.05) is 18.6 Å². The van der Waals surface area contributed by atoms with Gasteiger partial charge in [-0.15, -0.1) is 0 Å². The number of aromatic nitrogens is 1. The van der Waals surface area contributed by atoms with E-state index in [2.05, 4.69) is 22.4 Å². The maximum atomic E-state index is 11.7. The topological polar surface area (TPSA) is 126 Å². The van der Waals surface area contributed by atoms with Crippen LogP contribution in [-0.4, -0.2) is 48.1 Å². The number of carboxylic acid groups (broad SMARTS) is 1. The molecule has 9 heteroatoms. The van der Waals surface area contributed by atoms with Crippen LogP contribution in [0.5, 0.6) is 0 Å². The Balaban J connectivity index is 1.75. The Morgan fingerprint density at radius 3 is 2.57 bits per heavy atom. The van der Waals surface area contributed by atoms with Crippen molar-refractivity contribution in [3.05, 3.63) is 54.1 Å². The first-order valence-electron chi connectivity index (χ1n) is 9.87. The van der Waals surface area contributed by atoms with Crippen LogP contribution in [0.25, 0.3) is 0 Å². The highest BCUT2D eigenvalue weighted by atomic mass is 32.2. The molecule has 8 nitrogen and oxygen atoms in total. The molecule has 1 aliphatic heterocycles. The van der Waals surface area contributed by atoms with E-state index in [1.165, 1.54) is 16.5 Å². The number of pyridine rings is 1. The van der Waals surface area contributed by atoms with Gasteiger partial charge in [-0.2, -0.15) is 0 Å². The van der Waals surface area contributed by atoms with E-state index in [1.54, 1.807) is 12.1 Å². The van der Waals surface area contributed by atoms with Gasteiger partial charge in [0.25, 0.3) is 10.0 Å². The Morgan fingerprint density at radius 2 is 1.97 bits per heavy atom. The summed E-state index contributed by atoms with van der Waals surface area (Å²) in [5, 5.41) is 17.7. The lowest BCUT2D eigenvalue weighted by molar-refractivity contribution is 0.116. The van der Waals surface area contributed by atoms with E-state index >= 15 is 0 Å². The highest BCUT2D eigenvalue weighted by molar-refractivity contribution is 7.89. The Morgan fingerprint density at radius 1 is 1.27 bits per heavy atom. The van der Waals surface area contributed by atoms with Gasteiger partial charge in [0.1, 0.15) is 5.82 Å². The second-order valence-electron chi connectivity index (χ2n) is 8.31. The SMILES string of the molecule is CC1(C)CC(C(CCNc2cccc(S(N)(=O)=O)n2)c2ccccc2)CN1C(=O)O. The zero-order valence-electron chi connectivity index (χ0n) is 17.2. The summed E-state index contributed by atoms with van der Waals surface area (Å²) in [6.45, 7) is 4.97.